The molecule has 3 fully saturated rings. The smallest absolute Gasteiger partial charge is 0.189 e. The molecular formula is C15H19NO3. The van der Waals surface area contributed by atoms with Crippen LogP contribution >= 0.6 is 0 Å². The van der Waals surface area contributed by atoms with E-state index < -0.39 is 5.79 Å². The summed E-state index contributed by atoms with van der Waals surface area (Å²) in [6.45, 7) is 5.83. The number of hydrogen-bond acceptors (Lipinski definition) is 4. The third-order valence-electron chi connectivity index (χ3n) is 4.18. The maximum atomic E-state index is 5.99. The standard InChI is InChI=1S/C15H19NO3/c1-15(2)18-13-12-11(17-14(13)19-15)9-16(12)8-10-6-4-3-5-7-10/h3-7,11-14H,8-9H2,1-2H3/t11-,12+,13+,14+/m0/s1. The van der Waals surface area contributed by atoms with E-state index in [0.29, 0.717) is 6.04 Å². The molecule has 0 bridgehead atoms. The summed E-state index contributed by atoms with van der Waals surface area (Å²) >= 11 is 0. The SMILES string of the molecule is CC1(C)O[C@H]2O[C@H]3CN(Cc4ccccc4)[C@H]3[C@H]2O1. The van der Waals surface area contributed by atoms with Crippen LogP contribution in [0.5, 0.6) is 0 Å². The normalized spacial score (nSPS) is 39.7. The molecular weight excluding hydrogens is 242 g/mol. The minimum absolute atomic E-state index is 0.0532. The molecule has 0 saturated carbocycles. The summed E-state index contributed by atoms with van der Waals surface area (Å²) < 4.78 is 17.7. The largest absolute Gasteiger partial charge is 0.343 e. The van der Waals surface area contributed by atoms with Gasteiger partial charge in [0.2, 0.25) is 0 Å². The van der Waals surface area contributed by atoms with Gasteiger partial charge in [-0.3, -0.25) is 4.90 Å². The summed E-state index contributed by atoms with van der Waals surface area (Å²) in [6.07, 6.45) is 0.137. The van der Waals surface area contributed by atoms with Gasteiger partial charge in [0, 0.05) is 13.1 Å². The molecule has 0 spiro atoms. The van der Waals surface area contributed by atoms with E-state index >= 15 is 0 Å². The van der Waals surface area contributed by atoms with Crippen LogP contribution in [-0.4, -0.2) is 41.8 Å². The first-order valence-electron chi connectivity index (χ1n) is 6.91. The zero-order valence-corrected chi connectivity index (χ0v) is 11.3. The first kappa shape index (κ1) is 11.9. The number of rotatable bonds is 2. The molecule has 0 aromatic heterocycles. The maximum absolute atomic E-state index is 5.99. The van der Waals surface area contributed by atoms with Crippen LogP contribution in [0.2, 0.25) is 0 Å². The van der Waals surface area contributed by atoms with Gasteiger partial charge in [-0.25, -0.2) is 0 Å². The number of likely N-dealkylation sites (tertiary alicyclic amines) is 1. The Balaban J connectivity index is 1.47. The van der Waals surface area contributed by atoms with Gasteiger partial charge in [-0.05, 0) is 19.4 Å². The first-order chi connectivity index (χ1) is 9.12. The molecule has 0 aliphatic carbocycles. The fourth-order valence-electron chi connectivity index (χ4n) is 3.35. The number of nitrogens with zero attached hydrogens (tertiary/aromatic N) is 1. The molecule has 3 saturated heterocycles. The van der Waals surface area contributed by atoms with Crippen molar-refractivity contribution in [3.8, 4) is 0 Å². The predicted octanol–water partition coefficient (Wildman–Crippen LogP) is 1.75. The van der Waals surface area contributed by atoms with Gasteiger partial charge in [-0.1, -0.05) is 30.3 Å². The molecule has 19 heavy (non-hydrogen) atoms. The molecule has 0 radical (unpaired) electrons. The van der Waals surface area contributed by atoms with Gasteiger partial charge >= 0.3 is 0 Å². The van der Waals surface area contributed by atoms with Crippen LogP contribution < -0.4 is 0 Å². The van der Waals surface area contributed by atoms with Crippen molar-refractivity contribution in [3.63, 3.8) is 0 Å². The van der Waals surface area contributed by atoms with Crippen molar-refractivity contribution < 1.29 is 14.2 Å². The highest BCUT2D eigenvalue weighted by atomic mass is 16.8. The Morgan fingerprint density at radius 3 is 2.79 bits per heavy atom. The number of fused-ring (bicyclic) bond motifs is 3. The summed E-state index contributed by atoms with van der Waals surface area (Å²) in [5, 5.41) is 0. The molecule has 3 aliphatic heterocycles. The molecule has 4 rings (SSSR count). The van der Waals surface area contributed by atoms with E-state index in [1.54, 1.807) is 0 Å². The lowest BCUT2D eigenvalue weighted by Gasteiger charge is -2.45. The van der Waals surface area contributed by atoms with Crippen LogP contribution in [0.1, 0.15) is 19.4 Å². The zero-order valence-electron chi connectivity index (χ0n) is 11.3. The van der Waals surface area contributed by atoms with E-state index in [4.69, 9.17) is 14.2 Å². The lowest BCUT2D eigenvalue weighted by atomic mass is 9.95. The number of benzene rings is 1. The third kappa shape index (κ3) is 1.91. The molecule has 0 unspecified atom stereocenters. The predicted molar refractivity (Wildman–Crippen MR) is 69.3 cm³/mol. The van der Waals surface area contributed by atoms with Crippen molar-refractivity contribution in [2.24, 2.45) is 0 Å². The minimum Gasteiger partial charge on any atom is -0.343 e. The Hall–Kier alpha value is -0.940. The van der Waals surface area contributed by atoms with E-state index in [-0.39, 0.29) is 18.5 Å². The van der Waals surface area contributed by atoms with E-state index in [9.17, 15) is 0 Å². The summed E-state index contributed by atoms with van der Waals surface area (Å²) in [6, 6.07) is 10.9. The molecule has 0 amide bonds. The average Bonchev–Trinajstić information content (AvgIpc) is 2.75. The summed E-state index contributed by atoms with van der Waals surface area (Å²) in [5.74, 6) is -0.520. The van der Waals surface area contributed by atoms with E-state index in [1.807, 2.05) is 19.9 Å². The van der Waals surface area contributed by atoms with E-state index in [2.05, 4.69) is 29.2 Å². The van der Waals surface area contributed by atoms with Crippen LogP contribution in [0.3, 0.4) is 0 Å². The minimum atomic E-state index is -0.520. The quantitative estimate of drug-likeness (QED) is 0.811. The lowest BCUT2D eigenvalue weighted by Crippen LogP contribution is -2.61. The van der Waals surface area contributed by atoms with Crippen molar-refractivity contribution in [1.82, 2.24) is 4.90 Å². The molecule has 4 atom stereocenters. The van der Waals surface area contributed by atoms with Gasteiger partial charge in [0.1, 0.15) is 6.10 Å². The number of ether oxygens (including phenoxy) is 3. The summed E-state index contributed by atoms with van der Waals surface area (Å²) in [4.78, 5) is 2.43. The van der Waals surface area contributed by atoms with Gasteiger partial charge in [-0.2, -0.15) is 0 Å². The van der Waals surface area contributed by atoms with Crippen molar-refractivity contribution in [1.29, 1.82) is 0 Å². The topological polar surface area (TPSA) is 30.9 Å². The molecule has 1 aromatic rings. The van der Waals surface area contributed by atoms with Crippen molar-refractivity contribution in [2.75, 3.05) is 6.54 Å². The molecule has 3 heterocycles. The van der Waals surface area contributed by atoms with Gasteiger partial charge < -0.3 is 14.2 Å². The van der Waals surface area contributed by atoms with Crippen LogP contribution in [0.4, 0.5) is 0 Å². The lowest BCUT2D eigenvalue weighted by molar-refractivity contribution is -0.228. The average molecular weight is 261 g/mol. The van der Waals surface area contributed by atoms with Crippen molar-refractivity contribution in [2.45, 2.75) is 50.7 Å². The molecule has 1 aromatic carbocycles. The fraction of sp³-hybridized carbons (Fsp3) is 0.600. The third-order valence-corrected chi connectivity index (χ3v) is 4.18. The molecule has 4 heteroatoms. The highest BCUT2D eigenvalue weighted by molar-refractivity contribution is 5.17. The molecule has 4 nitrogen and oxygen atoms in total. The highest BCUT2D eigenvalue weighted by Gasteiger charge is 2.60. The second-order valence-corrected chi connectivity index (χ2v) is 6.05. The molecule has 102 valence electrons. The van der Waals surface area contributed by atoms with E-state index in [1.165, 1.54) is 5.56 Å². The Morgan fingerprint density at radius 1 is 1.21 bits per heavy atom. The second kappa shape index (κ2) is 4.03. The Bertz CT molecular complexity index is 476. The zero-order chi connectivity index (χ0) is 13.0. The fourth-order valence-corrected chi connectivity index (χ4v) is 3.35. The highest BCUT2D eigenvalue weighted by Crippen LogP contribution is 2.44. The Kier molecular flexibility index (Phi) is 2.51. The monoisotopic (exact) mass is 261 g/mol. The van der Waals surface area contributed by atoms with Gasteiger partial charge in [0.05, 0.1) is 12.1 Å². The Labute approximate surface area is 113 Å². The van der Waals surface area contributed by atoms with Crippen LogP contribution in [0, 0.1) is 0 Å². The molecule has 3 aliphatic rings. The summed E-state index contributed by atoms with van der Waals surface area (Å²) in [7, 11) is 0. The van der Waals surface area contributed by atoms with Gasteiger partial charge in [0.15, 0.2) is 12.1 Å². The van der Waals surface area contributed by atoms with Crippen LogP contribution in [0.15, 0.2) is 30.3 Å². The van der Waals surface area contributed by atoms with Crippen molar-refractivity contribution in [3.05, 3.63) is 35.9 Å². The summed E-state index contributed by atoms with van der Waals surface area (Å²) in [5.41, 5.74) is 1.34. The van der Waals surface area contributed by atoms with Gasteiger partial charge in [-0.15, -0.1) is 0 Å². The maximum Gasteiger partial charge on any atom is 0.189 e. The van der Waals surface area contributed by atoms with Crippen molar-refractivity contribution >= 4 is 0 Å². The second-order valence-electron chi connectivity index (χ2n) is 6.05. The van der Waals surface area contributed by atoms with Gasteiger partial charge in [0.25, 0.3) is 0 Å². The Morgan fingerprint density at radius 2 is 2.00 bits per heavy atom. The van der Waals surface area contributed by atoms with Crippen LogP contribution in [-0.2, 0) is 20.8 Å². The van der Waals surface area contributed by atoms with E-state index in [0.717, 1.165) is 13.1 Å². The molecule has 0 N–H and O–H groups in total. The first-order valence-corrected chi connectivity index (χ1v) is 6.91. The number of hydrogen-bond donors (Lipinski definition) is 0. The van der Waals surface area contributed by atoms with Crippen LogP contribution in [0.25, 0.3) is 0 Å².